The third-order valence-electron chi connectivity index (χ3n) is 9.32. The first-order valence-corrected chi connectivity index (χ1v) is 21.0. The van der Waals surface area contributed by atoms with Crippen molar-refractivity contribution in [3.05, 3.63) is 24.3 Å². The molecule has 0 saturated carbocycles. The summed E-state index contributed by atoms with van der Waals surface area (Å²) in [6.07, 6.45) is 34.6. The first kappa shape index (κ1) is 49.2. The number of carbonyl (C=O) groups excluding carboxylic acids is 2. The van der Waals surface area contributed by atoms with Crippen molar-refractivity contribution in [2.45, 2.75) is 206 Å². The summed E-state index contributed by atoms with van der Waals surface area (Å²) in [7, 11) is 2.90. The van der Waals surface area contributed by atoms with Crippen LogP contribution >= 0.6 is 0 Å². The Hall–Kier alpha value is -1.83. The lowest BCUT2D eigenvalue weighted by Gasteiger charge is -2.33. The number of ether oxygens (including phenoxy) is 2. The van der Waals surface area contributed by atoms with Crippen LogP contribution in [0.3, 0.4) is 0 Å². The summed E-state index contributed by atoms with van der Waals surface area (Å²) in [4.78, 5) is 25.1. The number of quaternary nitrogens is 1. The first-order chi connectivity index (χ1) is 24.5. The summed E-state index contributed by atoms with van der Waals surface area (Å²) >= 11 is 0. The molecule has 0 aliphatic rings. The molecule has 0 amide bonds. The van der Waals surface area contributed by atoms with Gasteiger partial charge >= 0.3 is 18.1 Å². The maximum Gasteiger partial charge on any atom is 0.438 e. The second kappa shape index (κ2) is 34.0. The lowest BCUT2D eigenvalue weighted by molar-refractivity contribution is -0.903. The number of carbonyl (C=O) groups is 2. The van der Waals surface area contributed by atoms with Crippen molar-refractivity contribution >= 4 is 11.9 Å². The maximum atomic E-state index is 13.2. The monoisotopic (exact) mass is 731 g/mol. The molecule has 0 fully saturated rings. The average Bonchev–Trinajstić information content (AvgIpc) is 3.06. The number of unbranched alkanes of at least 4 members (excludes halogenated alkanes) is 22. The Morgan fingerprint density at radius 1 is 0.549 bits per heavy atom. The van der Waals surface area contributed by atoms with Gasteiger partial charge in [0.15, 0.2) is 12.6 Å². The van der Waals surface area contributed by atoms with E-state index in [-0.39, 0.29) is 26.0 Å². The number of likely N-dealkylation sites (N-methyl/N-ethyl adjacent to an activating group) is 1. The Bertz CT molecular complexity index is 872. The Kier molecular flexibility index (Phi) is 32.8. The Labute approximate surface area is 312 Å². The van der Waals surface area contributed by atoms with Gasteiger partial charge in [-0.05, 0) is 64.2 Å². The van der Waals surface area contributed by atoms with Gasteiger partial charge in [-0.3, -0.25) is 9.59 Å². The number of esters is 2. The SMILES string of the molecule is CCCCCCCC/C=C\CCCCCCCC(=O)OCC(C[N+](C)(C)CC(F)(F)F)OC(=O)CCCCCCC/C=C\CCCCCCCC. The van der Waals surface area contributed by atoms with E-state index in [0.717, 1.165) is 64.2 Å². The highest BCUT2D eigenvalue weighted by Gasteiger charge is 2.39. The van der Waals surface area contributed by atoms with Crippen LogP contribution in [0.4, 0.5) is 13.2 Å². The van der Waals surface area contributed by atoms with Gasteiger partial charge in [0.05, 0.1) is 14.1 Å². The van der Waals surface area contributed by atoms with Crippen LogP contribution in [0.25, 0.3) is 0 Å². The van der Waals surface area contributed by atoms with Gasteiger partial charge in [-0.15, -0.1) is 0 Å². The summed E-state index contributed by atoms with van der Waals surface area (Å²) in [5.41, 5.74) is 0. The number of rotatable bonds is 36. The minimum absolute atomic E-state index is 0.0850. The van der Waals surface area contributed by atoms with Crippen molar-refractivity contribution in [1.29, 1.82) is 0 Å². The van der Waals surface area contributed by atoms with E-state index in [1.54, 1.807) is 0 Å². The van der Waals surface area contributed by atoms with Gasteiger partial charge < -0.3 is 14.0 Å². The van der Waals surface area contributed by atoms with Crippen molar-refractivity contribution in [3.63, 3.8) is 0 Å². The predicted molar refractivity (Wildman–Crippen MR) is 208 cm³/mol. The van der Waals surface area contributed by atoms with Crippen LogP contribution in [0.15, 0.2) is 24.3 Å². The molecule has 0 aliphatic carbocycles. The molecular formula is C43H79F3NO4+. The Morgan fingerprint density at radius 2 is 0.902 bits per heavy atom. The number of nitrogens with zero attached hydrogens (tertiary/aromatic N) is 1. The van der Waals surface area contributed by atoms with Crippen molar-refractivity contribution in [1.82, 2.24) is 0 Å². The minimum Gasteiger partial charge on any atom is -0.461 e. The lowest BCUT2D eigenvalue weighted by atomic mass is 10.1. The standard InChI is InChI=1S/C43H79F3NO4/c1-5-7-9-11-13-15-17-19-21-23-25-27-29-31-33-35-41(48)50-38-40(37-47(3,4)39-43(44,45)46)51-42(49)36-34-32-30-28-26-24-22-20-18-16-14-12-10-8-6-2/h19-22,40H,5-18,23-39H2,1-4H3/q+1/b21-19-,22-20-. The van der Waals surface area contributed by atoms with E-state index in [0.29, 0.717) is 12.8 Å². The number of halogens is 3. The van der Waals surface area contributed by atoms with Gasteiger partial charge in [0.2, 0.25) is 0 Å². The Balaban J connectivity index is 4.25. The number of hydrogen-bond acceptors (Lipinski definition) is 4. The van der Waals surface area contributed by atoms with Gasteiger partial charge in [-0.25, -0.2) is 0 Å². The van der Waals surface area contributed by atoms with Crippen LogP contribution < -0.4 is 0 Å². The van der Waals surface area contributed by atoms with E-state index in [4.69, 9.17) is 9.47 Å². The van der Waals surface area contributed by atoms with Crippen molar-refractivity contribution in [3.8, 4) is 0 Å². The molecule has 8 heteroatoms. The van der Waals surface area contributed by atoms with Gasteiger partial charge in [0.1, 0.15) is 13.2 Å². The molecule has 1 unspecified atom stereocenters. The zero-order chi connectivity index (χ0) is 37.9. The molecule has 0 spiro atoms. The normalized spacial score (nSPS) is 13.0. The van der Waals surface area contributed by atoms with Crippen molar-refractivity contribution in [2.75, 3.05) is 33.8 Å². The van der Waals surface area contributed by atoms with Crippen LogP contribution in [0.5, 0.6) is 0 Å². The maximum absolute atomic E-state index is 13.2. The van der Waals surface area contributed by atoms with E-state index >= 15 is 0 Å². The summed E-state index contributed by atoms with van der Waals surface area (Å²) in [6.45, 7) is 3.12. The van der Waals surface area contributed by atoms with Crippen LogP contribution in [0.2, 0.25) is 0 Å². The highest BCUT2D eigenvalue weighted by Crippen LogP contribution is 2.20. The summed E-state index contributed by atoms with van der Waals surface area (Å²) in [5.74, 6) is -0.843. The fraction of sp³-hybridized carbons (Fsp3) is 0.860. The minimum atomic E-state index is -4.36. The molecule has 0 aromatic carbocycles. The smallest absolute Gasteiger partial charge is 0.438 e. The molecule has 0 bridgehead atoms. The van der Waals surface area contributed by atoms with E-state index in [1.165, 1.54) is 104 Å². The van der Waals surface area contributed by atoms with Crippen LogP contribution in [-0.4, -0.2) is 62.5 Å². The average molecular weight is 731 g/mol. The largest absolute Gasteiger partial charge is 0.461 e. The summed E-state index contributed by atoms with van der Waals surface area (Å²) in [6, 6.07) is 0. The molecular weight excluding hydrogens is 651 g/mol. The molecule has 0 radical (unpaired) electrons. The summed E-state index contributed by atoms with van der Waals surface area (Å²) in [5, 5.41) is 0. The highest BCUT2D eigenvalue weighted by atomic mass is 19.4. The van der Waals surface area contributed by atoms with E-state index < -0.39 is 35.2 Å². The van der Waals surface area contributed by atoms with Crippen molar-refractivity contribution in [2.24, 2.45) is 0 Å². The fourth-order valence-corrected chi connectivity index (χ4v) is 6.41. The van der Waals surface area contributed by atoms with Crippen LogP contribution in [0.1, 0.15) is 194 Å². The third-order valence-corrected chi connectivity index (χ3v) is 9.32. The molecule has 0 N–H and O–H groups in total. The Morgan fingerprint density at radius 3 is 1.29 bits per heavy atom. The molecule has 0 aliphatic heterocycles. The molecule has 0 aromatic heterocycles. The second-order valence-electron chi connectivity index (χ2n) is 15.4. The van der Waals surface area contributed by atoms with E-state index in [2.05, 4.69) is 38.2 Å². The second-order valence-corrected chi connectivity index (χ2v) is 15.4. The van der Waals surface area contributed by atoms with E-state index in [9.17, 15) is 22.8 Å². The molecule has 5 nitrogen and oxygen atoms in total. The molecule has 300 valence electrons. The third kappa shape index (κ3) is 37.7. The molecule has 0 aromatic rings. The van der Waals surface area contributed by atoms with Gasteiger partial charge in [0.25, 0.3) is 0 Å². The van der Waals surface area contributed by atoms with Gasteiger partial charge in [-0.2, -0.15) is 13.2 Å². The first-order valence-electron chi connectivity index (χ1n) is 21.0. The number of alkyl halides is 3. The number of hydrogen-bond donors (Lipinski definition) is 0. The molecule has 0 heterocycles. The van der Waals surface area contributed by atoms with Gasteiger partial charge in [-0.1, -0.05) is 141 Å². The van der Waals surface area contributed by atoms with Crippen molar-refractivity contribution < 1.29 is 36.7 Å². The highest BCUT2D eigenvalue weighted by molar-refractivity contribution is 5.70. The predicted octanol–water partition coefficient (Wildman–Crippen LogP) is 13.2. The topological polar surface area (TPSA) is 52.6 Å². The van der Waals surface area contributed by atoms with Gasteiger partial charge in [0, 0.05) is 12.8 Å². The molecule has 51 heavy (non-hydrogen) atoms. The summed E-state index contributed by atoms with van der Waals surface area (Å²) < 4.78 is 50.1. The molecule has 0 saturated heterocycles. The lowest BCUT2D eigenvalue weighted by Crippen LogP contribution is -2.52. The number of allylic oxidation sites excluding steroid dienone is 4. The zero-order valence-corrected chi connectivity index (χ0v) is 33.5. The fourth-order valence-electron chi connectivity index (χ4n) is 6.41. The van der Waals surface area contributed by atoms with E-state index in [1.807, 2.05) is 0 Å². The zero-order valence-electron chi connectivity index (χ0n) is 33.5. The quantitative estimate of drug-likeness (QED) is 0.0279. The molecule has 0 rings (SSSR count). The molecule has 1 atom stereocenters. The van der Waals surface area contributed by atoms with Crippen LogP contribution in [-0.2, 0) is 19.1 Å². The van der Waals surface area contributed by atoms with Crippen LogP contribution in [0, 0.1) is 0 Å².